The summed E-state index contributed by atoms with van der Waals surface area (Å²) in [6.07, 6.45) is 0. The average molecular weight is 678 g/mol. The summed E-state index contributed by atoms with van der Waals surface area (Å²) in [4.78, 5) is 25.8. The Morgan fingerprint density at radius 2 is 0.868 bits per heavy atom. The molecule has 0 fully saturated rings. The van der Waals surface area contributed by atoms with Gasteiger partial charge in [-0.15, -0.1) is 0 Å². The third-order valence-corrected chi connectivity index (χ3v) is 10.7. The fraction of sp³-hybridized carbons (Fsp3) is 0. The van der Waals surface area contributed by atoms with Crippen molar-refractivity contribution in [2.45, 2.75) is 0 Å². The second-order valence-electron chi connectivity index (χ2n) is 13.5. The molecule has 3 aromatic heterocycles. The van der Waals surface area contributed by atoms with Crippen LogP contribution in [0.25, 0.3) is 72.1 Å². The lowest BCUT2D eigenvalue weighted by Crippen LogP contribution is -2.25. The van der Waals surface area contributed by atoms with E-state index in [9.17, 15) is 0 Å². The summed E-state index contributed by atoms with van der Waals surface area (Å²) < 4.78 is 2.16. The maximum absolute atomic E-state index is 5.37. The highest BCUT2D eigenvalue weighted by atomic mass is 15.3. The lowest BCUT2D eigenvalue weighted by molar-refractivity contribution is 0.997. The van der Waals surface area contributed by atoms with E-state index in [0.717, 1.165) is 78.1 Å². The van der Waals surface area contributed by atoms with Gasteiger partial charge in [0.05, 0.1) is 50.6 Å². The molecule has 0 saturated heterocycles. The van der Waals surface area contributed by atoms with E-state index in [1.165, 1.54) is 10.8 Å². The quantitative estimate of drug-likeness (QED) is 0.185. The molecule has 0 radical (unpaired) electrons. The lowest BCUT2D eigenvalue weighted by atomic mass is 10.0. The molecule has 1 aliphatic heterocycles. The molecule has 2 aliphatic rings. The summed E-state index contributed by atoms with van der Waals surface area (Å²) in [5, 5.41) is 5.59. The second-order valence-corrected chi connectivity index (χ2v) is 13.5. The van der Waals surface area contributed by atoms with Crippen molar-refractivity contribution in [2.24, 2.45) is 0 Å². The minimum Gasteiger partial charge on any atom is -0.306 e. The minimum absolute atomic E-state index is 0.556. The molecule has 4 heterocycles. The van der Waals surface area contributed by atoms with Crippen molar-refractivity contribution < 1.29 is 0 Å². The summed E-state index contributed by atoms with van der Waals surface area (Å²) in [6, 6.07) is 57.4. The van der Waals surface area contributed by atoms with Gasteiger partial charge in [-0.05, 0) is 59.3 Å². The van der Waals surface area contributed by atoms with Crippen molar-refractivity contribution in [1.82, 2.24) is 24.5 Å². The van der Waals surface area contributed by atoms with E-state index in [1.807, 2.05) is 0 Å². The summed E-state index contributed by atoms with van der Waals surface area (Å²) in [5.74, 6) is 1.14. The van der Waals surface area contributed by atoms with E-state index in [-0.39, 0.29) is 0 Å². The first-order valence-corrected chi connectivity index (χ1v) is 17.8. The van der Waals surface area contributed by atoms with Crippen LogP contribution >= 0.6 is 0 Å². The Labute approximate surface area is 303 Å². The highest BCUT2D eigenvalue weighted by Crippen LogP contribution is 2.54. The zero-order valence-corrected chi connectivity index (χ0v) is 28.2. The maximum Gasteiger partial charge on any atom is 0.237 e. The smallest absolute Gasteiger partial charge is 0.237 e. The number of nitrogens with zero attached hydrogens (tertiary/aromatic N) is 7. The molecular formula is C46H27N7. The molecule has 0 saturated carbocycles. The number of hydrogen-bond donors (Lipinski definition) is 0. The Bertz CT molecular complexity index is 3060. The maximum atomic E-state index is 5.37. The van der Waals surface area contributed by atoms with Crippen LogP contribution in [0.2, 0.25) is 0 Å². The highest BCUT2D eigenvalue weighted by Gasteiger charge is 2.34. The molecule has 10 aromatic rings. The summed E-state index contributed by atoms with van der Waals surface area (Å²) in [5.41, 5.74) is 11.6. The molecule has 53 heavy (non-hydrogen) atoms. The molecule has 0 unspecified atom stereocenters. The Hall–Kier alpha value is -7.38. The third-order valence-electron chi connectivity index (χ3n) is 10.7. The number of hydrogen-bond acceptors (Lipinski definition) is 6. The molecule has 1 aliphatic carbocycles. The number of fused-ring (bicyclic) bond motifs is 9. The predicted octanol–water partition coefficient (Wildman–Crippen LogP) is 11.6. The zero-order valence-electron chi connectivity index (χ0n) is 28.2. The molecule has 7 aromatic carbocycles. The standard InChI is InChI=1S/C46H27N7/c1-2-14-29-27-30(26-25-28(29)13-1)51-37-21-9-11-23-39(37)53(40-24-12-10-22-38(40)51)46-48-43-34-18-4-3-17-33(34)42-41(43)44(50-46)49-45(47-42)52-35-19-7-5-15-31(35)32-16-6-8-20-36(32)52/h1-27H. The minimum atomic E-state index is 0.556. The molecule has 0 spiro atoms. The lowest BCUT2D eigenvalue weighted by Gasteiger charge is -2.39. The summed E-state index contributed by atoms with van der Waals surface area (Å²) in [7, 11) is 0. The van der Waals surface area contributed by atoms with Gasteiger partial charge in [0, 0.05) is 27.6 Å². The first kappa shape index (κ1) is 28.3. The number of para-hydroxylation sites is 6. The van der Waals surface area contributed by atoms with Crippen LogP contribution in [0.15, 0.2) is 164 Å². The van der Waals surface area contributed by atoms with E-state index < -0.39 is 0 Å². The Morgan fingerprint density at radius 3 is 1.51 bits per heavy atom. The number of benzene rings is 7. The SMILES string of the molecule is c1ccc2c(c1)-c1nc(N3c4ccccc4N(c4ccc5ccccc5c4)c4ccccc43)nc3nc(-n4c5ccccc5c5ccccc54)nc-2c13. The molecule has 246 valence electrons. The van der Waals surface area contributed by atoms with E-state index in [1.54, 1.807) is 0 Å². The summed E-state index contributed by atoms with van der Waals surface area (Å²) >= 11 is 0. The number of rotatable bonds is 3. The van der Waals surface area contributed by atoms with Crippen LogP contribution in [0.5, 0.6) is 0 Å². The fourth-order valence-electron chi connectivity index (χ4n) is 8.39. The first-order chi connectivity index (χ1) is 26.3. The average Bonchev–Trinajstić information content (AvgIpc) is 3.73. The van der Waals surface area contributed by atoms with Gasteiger partial charge >= 0.3 is 0 Å². The predicted molar refractivity (Wildman–Crippen MR) is 214 cm³/mol. The van der Waals surface area contributed by atoms with Crippen molar-refractivity contribution in [3.05, 3.63) is 164 Å². The van der Waals surface area contributed by atoms with Gasteiger partial charge in [-0.25, -0.2) is 9.97 Å². The van der Waals surface area contributed by atoms with Crippen molar-refractivity contribution in [3.8, 4) is 28.5 Å². The van der Waals surface area contributed by atoms with Gasteiger partial charge in [-0.3, -0.25) is 9.47 Å². The van der Waals surface area contributed by atoms with Crippen LogP contribution in [-0.4, -0.2) is 24.5 Å². The largest absolute Gasteiger partial charge is 0.306 e. The number of aromatic nitrogens is 5. The second kappa shape index (κ2) is 10.6. The topological polar surface area (TPSA) is 63.0 Å². The van der Waals surface area contributed by atoms with E-state index in [0.29, 0.717) is 17.5 Å². The van der Waals surface area contributed by atoms with Gasteiger partial charge in [-0.1, -0.05) is 115 Å². The molecule has 7 nitrogen and oxygen atoms in total. The van der Waals surface area contributed by atoms with Crippen molar-refractivity contribution >= 4 is 78.0 Å². The van der Waals surface area contributed by atoms with Gasteiger partial charge < -0.3 is 4.90 Å². The fourth-order valence-corrected chi connectivity index (χ4v) is 8.39. The van der Waals surface area contributed by atoms with Crippen LogP contribution in [0, 0.1) is 0 Å². The normalized spacial score (nSPS) is 12.8. The highest BCUT2D eigenvalue weighted by molar-refractivity contribution is 6.13. The van der Waals surface area contributed by atoms with Gasteiger partial charge in [-0.2, -0.15) is 9.97 Å². The molecular weight excluding hydrogens is 651 g/mol. The first-order valence-electron chi connectivity index (χ1n) is 17.8. The van der Waals surface area contributed by atoms with Gasteiger partial charge in [0.25, 0.3) is 0 Å². The monoisotopic (exact) mass is 677 g/mol. The van der Waals surface area contributed by atoms with Crippen molar-refractivity contribution in [1.29, 1.82) is 0 Å². The van der Waals surface area contributed by atoms with Gasteiger partial charge in [0.15, 0.2) is 5.65 Å². The summed E-state index contributed by atoms with van der Waals surface area (Å²) in [6.45, 7) is 0. The van der Waals surface area contributed by atoms with Crippen LogP contribution in [0.1, 0.15) is 0 Å². The molecule has 0 N–H and O–H groups in total. The molecule has 0 amide bonds. The Morgan fingerprint density at radius 1 is 0.377 bits per heavy atom. The van der Waals surface area contributed by atoms with Crippen LogP contribution in [0.4, 0.5) is 34.4 Å². The van der Waals surface area contributed by atoms with E-state index in [2.05, 4.69) is 178 Å². The number of anilines is 6. The van der Waals surface area contributed by atoms with Gasteiger partial charge in [0.1, 0.15) is 0 Å². The van der Waals surface area contributed by atoms with E-state index >= 15 is 0 Å². The van der Waals surface area contributed by atoms with Crippen LogP contribution in [0.3, 0.4) is 0 Å². The molecule has 12 rings (SSSR count). The van der Waals surface area contributed by atoms with Crippen molar-refractivity contribution in [2.75, 3.05) is 9.80 Å². The van der Waals surface area contributed by atoms with Crippen LogP contribution < -0.4 is 9.80 Å². The molecule has 0 bridgehead atoms. The van der Waals surface area contributed by atoms with Gasteiger partial charge in [0.2, 0.25) is 11.9 Å². The Balaban J connectivity index is 1.12. The third kappa shape index (κ3) is 3.93. The van der Waals surface area contributed by atoms with E-state index in [4.69, 9.17) is 19.9 Å². The Kier molecular flexibility index (Phi) is 5.65. The zero-order chi connectivity index (χ0) is 34.6. The van der Waals surface area contributed by atoms with Crippen molar-refractivity contribution in [3.63, 3.8) is 0 Å². The van der Waals surface area contributed by atoms with Crippen LogP contribution in [-0.2, 0) is 0 Å². The molecule has 7 heteroatoms. The molecule has 0 atom stereocenters.